The number of carbonyl (C=O) groups is 3. The summed E-state index contributed by atoms with van der Waals surface area (Å²) in [6, 6.07) is 27.2. The topological polar surface area (TPSA) is 109 Å². The first-order chi connectivity index (χ1) is 36.6. The van der Waals surface area contributed by atoms with E-state index >= 15 is 0 Å². The first-order valence-electron chi connectivity index (χ1n) is 30.4. The maximum absolute atomic E-state index is 13.1. The molecule has 0 radical (unpaired) electrons. The molecule has 0 unspecified atom stereocenters. The van der Waals surface area contributed by atoms with Crippen molar-refractivity contribution in [1.82, 2.24) is 14.7 Å². The van der Waals surface area contributed by atoms with E-state index in [2.05, 4.69) is 135 Å². The zero-order valence-electron chi connectivity index (χ0n) is 49.6. The normalized spacial score (nSPS) is 15.9. The lowest BCUT2D eigenvalue weighted by atomic mass is 9.86. The van der Waals surface area contributed by atoms with Gasteiger partial charge in [-0.3, -0.25) is 14.4 Å². The Morgan fingerprint density at radius 1 is 0.377 bits per heavy atom. The average molecular weight is 1080 g/mol. The molecule has 0 saturated carbocycles. The number of nitrogens with zero attached hydrogens (tertiary/aromatic N) is 3. The summed E-state index contributed by atoms with van der Waals surface area (Å²) < 4.78 is 18.7. The highest BCUT2D eigenvalue weighted by atomic mass is 31.2. The molecule has 77 heavy (non-hydrogen) atoms. The fourth-order valence-electron chi connectivity index (χ4n) is 10.7. The van der Waals surface area contributed by atoms with E-state index in [1.165, 1.54) is 91.2 Å². The largest absolute Gasteiger partial charge is 0.573 e. The number of benzene rings is 3. The van der Waals surface area contributed by atoms with Crippen molar-refractivity contribution in [2.24, 2.45) is 0 Å². The fourth-order valence-corrected chi connectivity index (χ4v) is 12.4. The third-order valence-corrected chi connectivity index (χ3v) is 17.9. The Kier molecular flexibility index (Phi) is 24.6. The number of likely N-dealkylation sites (tertiary alicyclic amines) is 3. The van der Waals surface area contributed by atoms with Gasteiger partial charge in [0, 0.05) is 19.3 Å². The van der Waals surface area contributed by atoms with E-state index in [4.69, 9.17) is 13.6 Å². The van der Waals surface area contributed by atoms with Gasteiger partial charge in [-0.1, -0.05) is 212 Å². The van der Waals surface area contributed by atoms with Crippen LogP contribution in [0.15, 0.2) is 72.8 Å². The first-order valence-corrected chi connectivity index (χ1v) is 31.9. The van der Waals surface area contributed by atoms with Gasteiger partial charge in [0.25, 0.3) is 0 Å². The van der Waals surface area contributed by atoms with Gasteiger partial charge in [-0.25, -0.2) is 0 Å². The Hall–Kier alpha value is -3.66. The molecule has 3 saturated heterocycles. The van der Waals surface area contributed by atoms with Crippen LogP contribution in [0, 0.1) is 0 Å². The number of rotatable bonds is 33. The fraction of sp³-hybridized carbons (Fsp3) is 0.682. The quantitative estimate of drug-likeness (QED) is 0.0478. The summed E-state index contributed by atoms with van der Waals surface area (Å²) in [4.78, 5) is 56.7. The van der Waals surface area contributed by atoms with Crippen molar-refractivity contribution in [2.45, 2.75) is 251 Å². The van der Waals surface area contributed by atoms with Crippen LogP contribution in [0.5, 0.6) is 0 Å². The Morgan fingerprint density at radius 3 is 0.805 bits per heavy atom. The van der Waals surface area contributed by atoms with E-state index in [0.717, 1.165) is 77.0 Å². The van der Waals surface area contributed by atoms with Crippen LogP contribution >= 0.6 is 8.17 Å². The van der Waals surface area contributed by atoms with Gasteiger partial charge in [-0.15, -0.1) is 13.6 Å². The average Bonchev–Trinajstić information content (AvgIpc) is 3.36. The van der Waals surface area contributed by atoms with Crippen LogP contribution in [0.3, 0.4) is 0 Å². The highest BCUT2D eigenvalue weighted by molar-refractivity contribution is 7.55. The number of hydrogen-bond acceptors (Lipinski definition) is 7. The molecule has 3 aromatic carbocycles. The molecule has 0 atom stereocenters. The van der Waals surface area contributed by atoms with Crippen molar-refractivity contribution in [1.29, 1.82) is 0 Å². The minimum atomic E-state index is -3.82. The number of carbonyl (C=O) groups excluding carboxylic acids is 3. The predicted octanol–water partition coefficient (Wildman–Crippen LogP) is 15.2. The standard InChI is InChI=1S/C66H103N3O7P/c1-64(2,3)55-40-34-52(35-41-55)28-22-16-10-13-19-25-31-61(70)67-46-58(47-67)74-77(73,75-59-48-68(49-59)62(71)32-26-20-14-11-17-23-29-53-36-42-56(43-37-53)65(4,5)6)76-60-50-69(51-60)63(72)33-27-21-15-12-18-24-30-54-38-44-57(45-39-54)66(7,8)9/h34-45,58-60,73H,10-33,46-51H2,1-9H3/q+1. The molecule has 11 heteroatoms. The van der Waals surface area contributed by atoms with Gasteiger partial charge in [-0.2, -0.15) is 4.89 Å². The zero-order valence-corrected chi connectivity index (χ0v) is 50.5. The molecule has 0 aromatic heterocycles. The van der Waals surface area contributed by atoms with Crippen LogP contribution in [0.1, 0.15) is 231 Å². The minimum Gasteiger partial charge on any atom is -0.337 e. The lowest BCUT2D eigenvalue weighted by molar-refractivity contribution is -0.149. The van der Waals surface area contributed by atoms with Gasteiger partial charge in [0.15, 0.2) is 0 Å². The molecular weight excluding hydrogens is 978 g/mol. The maximum atomic E-state index is 13.1. The molecule has 428 valence electrons. The molecule has 6 rings (SSSR count). The van der Waals surface area contributed by atoms with Gasteiger partial charge in [0.05, 0.1) is 39.3 Å². The zero-order chi connectivity index (χ0) is 55.5. The van der Waals surface area contributed by atoms with E-state index in [1.54, 1.807) is 14.7 Å². The molecule has 3 heterocycles. The van der Waals surface area contributed by atoms with Crippen molar-refractivity contribution in [2.75, 3.05) is 39.3 Å². The first kappa shape index (κ1) is 62.5. The van der Waals surface area contributed by atoms with Gasteiger partial charge < -0.3 is 14.7 Å². The lowest BCUT2D eigenvalue weighted by Gasteiger charge is -2.42. The van der Waals surface area contributed by atoms with Crippen molar-refractivity contribution in [3.05, 3.63) is 106 Å². The van der Waals surface area contributed by atoms with Crippen molar-refractivity contribution in [3.63, 3.8) is 0 Å². The summed E-state index contributed by atoms with van der Waals surface area (Å²) in [6.07, 6.45) is 23.5. The second kappa shape index (κ2) is 30.2. The second-order valence-electron chi connectivity index (χ2n) is 26.3. The van der Waals surface area contributed by atoms with Crippen molar-refractivity contribution >= 4 is 25.9 Å². The molecule has 1 N–H and O–H groups in total. The summed E-state index contributed by atoms with van der Waals surface area (Å²) in [5, 5.41) is 0. The monoisotopic (exact) mass is 1080 g/mol. The van der Waals surface area contributed by atoms with Gasteiger partial charge in [-0.05, 0) is 107 Å². The Balaban J connectivity index is 0.850. The van der Waals surface area contributed by atoms with Crippen molar-refractivity contribution in [3.8, 4) is 0 Å². The summed E-state index contributed by atoms with van der Waals surface area (Å²) in [6.45, 7) is 22.5. The SMILES string of the molecule is CC(C)(C)c1ccc(CCCCCCCCC(=O)N2CC(O[P+](O)(OC3CN(C(=O)CCCCCCCCc4ccc(C(C)(C)C)cc4)C3)OC3CN(C(=O)CCCCCCCCc4ccc(C(C)(C)C)cc4)C3)C2)cc1. The summed E-state index contributed by atoms with van der Waals surface area (Å²) in [7, 11) is -3.82. The summed E-state index contributed by atoms with van der Waals surface area (Å²) in [5.74, 6) is 0.345. The van der Waals surface area contributed by atoms with Crippen LogP contribution in [0.4, 0.5) is 0 Å². The number of hydrogen-bond donors (Lipinski definition) is 1. The van der Waals surface area contributed by atoms with Gasteiger partial charge >= 0.3 is 8.17 Å². The van der Waals surface area contributed by atoms with Crippen LogP contribution in [-0.4, -0.2) is 94.9 Å². The minimum absolute atomic E-state index is 0.115. The lowest BCUT2D eigenvalue weighted by Crippen LogP contribution is -2.58. The Labute approximate surface area is 467 Å². The predicted molar refractivity (Wildman–Crippen MR) is 317 cm³/mol. The molecule has 0 aliphatic carbocycles. The third-order valence-electron chi connectivity index (χ3n) is 16.2. The molecule has 3 fully saturated rings. The van der Waals surface area contributed by atoms with Crippen molar-refractivity contribution < 1.29 is 32.8 Å². The summed E-state index contributed by atoms with van der Waals surface area (Å²) >= 11 is 0. The van der Waals surface area contributed by atoms with Crippen LogP contribution in [0.25, 0.3) is 0 Å². The number of aryl methyl sites for hydroxylation is 3. The molecule has 3 aliphatic heterocycles. The van der Waals surface area contributed by atoms with E-state index in [1.807, 2.05) is 0 Å². The Morgan fingerprint density at radius 2 is 0.584 bits per heavy atom. The van der Waals surface area contributed by atoms with E-state index < -0.39 is 26.5 Å². The van der Waals surface area contributed by atoms with Crippen LogP contribution in [-0.2, 0) is 63.5 Å². The highest BCUT2D eigenvalue weighted by Gasteiger charge is 2.57. The highest BCUT2D eigenvalue weighted by Crippen LogP contribution is 2.62. The third kappa shape index (κ3) is 21.7. The number of amides is 3. The van der Waals surface area contributed by atoms with Crippen LogP contribution < -0.4 is 0 Å². The van der Waals surface area contributed by atoms with Gasteiger partial charge in [0.1, 0.15) is 18.3 Å². The molecule has 3 aliphatic rings. The number of unbranched alkanes of at least 4 members (excludes halogenated alkanes) is 15. The van der Waals surface area contributed by atoms with E-state index in [-0.39, 0.29) is 34.0 Å². The summed E-state index contributed by atoms with van der Waals surface area (Å²) in [5.41, 5.74) is 8.87. The Bertz CT molecular complexity index is 1960. The molecule has 10 nitrogen and oxygen atoms in total. The molecule has 3 amide bonds. The molecule has 0 spiro atoms. The second-order valence-corrected chi connectivity index (χ2v) is 27.8. The maximum Gasteiger partial charge on any atom is 0.573 e. The van der Waals surface area contributed by atoms with E-state index in [0.29, 0.717) is 58.5 Å². The van der Waals surface area contributed by atoms with E-state index in [9.17, 15) is 19.3 Å². The molecular formula is C66H103N3O7P+. The van der Waals surface area contributed by atoms with Crippen LogP contribution in [0.2, 0.25) is 0 Å². The smallest absolute Gasteiger partial charge is 0.337 e. The molecule has 0 bridgehead atoms. The molecule has 3 aromatic rings. The van der Waals surface area contributed by atoms with Gasteiger partial charge in [0.2, 0.25) is 17.7 Å².